The van der Waals surface area contributed by atoms with Crippen molar-refractivity contribution in [1.29, 1.82) is 5.26 Å². The second-order valence-corrected chi connectivity index (χ2v) is 5.34. The summed E-state index contributed by atoms with van der Waals surface area (Å²) in [7, 11) is 0. The molecule has 22 heavy (non-hydrogen) atoms. The molecule has 1 aliphatic heterocycles. The Bertz CT molecular complexity index is 763. The zero-order chi connectivity index (χ0) is 15.4. The smallest absolute Gasteiger partial charge is 0.193 e. The lowest BCUT2D eigenvalue weighted by Gasteiger charge is -2.17. The monoisotopic (exact) mass is 288 g/mol. The van der Waals surface area contributed by atoms with Crippen molar-refractivity contribution in [2.75, 3.05) is 13.1 Å². The molecule has 0 bridgehead atoms. The number of hydrogen-bond donors (Lipinski definition) is 0. The number of nitriles is 1. The van der Waals surface area contributed by atoms with E-state index in [1.807, 2.05) is 24.3 Å². The third kappa shape index (κ3) is 2.98. The third-order valence-electron chi connectivity index (χ3n) is 3.80. The third-order valence-corrected chi connectivity index (χ3v) is 3.80. The van der Waals surface area contributed by atoms with Crippen LogP contribution in [0.15, 0.2) is 60.7 Å². The first kappa shape index (κ1) is 14.2. The lowest BCUT2D eigenvalue weighted by atomic mass is 9.97. The quantitative estimate of drug-likeness (QED) is 0.641. The molecule has 0 radical (unpaired) electrons. The van der Waals surface area contributed by atoms with Gasteiger partial charge in [0.2, 0.25) is 0 Å². The highest BCUT2D eigenvalue weighted by Gasteiger charge is 2.16. The van der Waals surface area contributed by atoms with Crippen LogP contribution in [0, 0.1) is 11.3 Å². The van der Waals surface area contributed by atoms with Gasteiger partial charge in [-0.15, -0.1) is 0 Å². The molecule has 1 heterocycles. The summed E-state index contributed by atoms with van der Waals surface area (Å²) in [6, 6.07) is 16.6. The summed E-state index contributed by atoms with van der Waals surface area (Å²) in [5, 5.41) is 8.98. The van der Waals surface area contributed by atoms with E-state index >= 15 is 0 Å². The van der Waals surface area contributed by atoms with Gasteiger partial charge in [-0.1, -0.05) is 48.6 Å². The normalized spacial score (nSPS) is 14.0. The Morgan fingerprint density at radius 3 is 2.64 bits per heavy atom. The molecule has 0 amide bonds. The van der Waals surface area contributed by atoms with Crippen LogP contribution in [0.4, 0.5) is 0 Å². The summed E-state index contributed by atoms with van der Waals surface area (Å²) in [4.78, 5) is 15.0. The Kier molecular flexibility index (Phi) is 4.13. The molecule has 3 nitrogen and oxygen atoms in total. The minimum atomic E-state index is -0.0279. The molecule has 0 fully saturated rings. The zero-order valence-corrected chi connectivity index (χ0v) is 12.2. The Balaban J connectivity index is 1.90. The van der Waals surface area contributed by atoms with E-state index in [0.717, 1.165) is 25.2 Å². The molecule has 108 valence electrons. The summed E-state index contributed by atoms with van der Waals surface area (Å²) in [5.41, 5.74) is 2.81. The zero-order valence-electron chi connectivity index (χ0n) is 12.2. The molecular formula is C19H16N2O. The van der Waals surface area contributed by atoms with Gasteiger partial charge in [0.15, 0.2) is 5.78 Å². The first-order chi connectivity index (χ1) is 10.8. The fourth-order valence-corrected chi connectivity index (χ4v) is 2.66. The molecule has 0 aromatic heterocycles. The van der Waals surface area contributed by atoms with Gasteiger partial charge in [-0.3, -0.25) is 9.69 Å². The van der Waals surface area contributed by atoms with E-state index in [1.54, 1.807) is 24.3 Å². The average Bonchev–Trinajstić information content (AvgIpc) is 3.08. The number of carbonyl (C=O) groups excluding carboxylic acids is 1. The van der Waals surface area contributed by atoms with Gasteiger partial charge in [0, 0.05) is 30.8 Å². The molecule has 2 aromatic rings. The van der Waals surface area contributed by atoms with Gasteiger partial charge in [-0.2, -0.15) is 5.26 Å². The predicted molar refractivity (Wildman–Crippen MR) is 85.4 cm³/mol. The molecule has 0 aliphatic carbocycles. The summed E-state index contributed by atoms with van der Waals surface area (Å²) in [5.74, 6) is -0.0279. The molecule has 0 unspecified atom stereocenters. The fourth-order valence-electron chi connectivity index (χ4n) is 2.66. The SMILES string of the molecule is N#Cc1cccc(C(=O)c2ccccc2CN2CC=CC2)c1. The first-order valence-corrected chi connectivity index (χ1v) is 7.28. The maximum absolute atomic E-state index is 12.8. The number of carbonyl (C=O) groups is 1. The lowest BCUT2D eigenvalue weighted by Crippen LogP contribution is -2.21. The molecule has 0 atom stereocenters. The molecule has 0 saturated heterocycles. The van der Waals surface area contributed by atoms with Crippen molar-refractivity contribution in [2.24, 2.45) is 0 Å². The van der Waals surface area contributed by atoms with Crippen molar-refractivity contribution in [3.05, 3.63) is 82.9 Å². The number of ketones is 1. The van der Waals surface area contributed by atoms with E-state index in [4.69, 9.17) is 5.26 Å². The van der Waals surface area contributed by atoms with Crippen LogP contribution in [0.1, 0.15) is 27.0 Å². The molecule has 3 heteroatoms. The number of rotatable bonds is 4. The van der Waals surface area contributed by atoms with Gasteiger partial charge in [0.25, 0.3) is 0 Å². The molecule has 0 N–H and O–H groups in total. The van der Waals surface area contributed by atoms with E-state index in [0.29, 0.717) is 16.7 Å². The van der Waals surface area contributed by atoms with Crippen molar-refractivity contribution in [1.82, 2.24) is 4.90 Å². The number of benzene rings is 2. The van der Waals surface area contributed by atoms with Crippen molar-refractivity contribution in [2.45, 2.75) is 6.54 Å². The standard InChI is InChI=1S/C19H16N2O/c20-13-15-6-5-8-16(12-15)19(22)18-9-2-1-7-17(18)14-21-10-3-4-11-21/h1-9,12H,10-11,14H2. The van der Waals surface area contributed by atoms with Crippen LogP contribution in [-0.4, -0.2) is 23.8 Å². The molecule has 2 aromatic carbocycles. The topological polar surface area (TPSA) is 44.1 Å². The highest BCUT2D eigenvalue weighted by Crippen LogP contribution is 2.18. The summed E-state index contributed by atoms with van der Waals surface area (Å²) in [6.45, 7) is 2.60. The van der Waals surface area contributed by atoms with Crippen LogP contribution in [-0.2, 0) is 6.54 Å². The van der Waals surface area contributed by atoms with Crippen molar-refractivity contribution in [3.8, 4) is 6.07 Å². The van der Waals surface area contributed by atoms with Crippen molar-refractivity contribution >= 4 is 5.78 Å². The maximum atomic E-state index is 12.8. The summed E-state index contributed by atoms with van der Waals surface area (Å²) >= 11 is 0. The van der Waals surface area contributed by atoms with Gasteiger partial charge >= 0.3 is 0 Å². The molecule has 0 saturated carbocycles. The number of nitrogens with zero attached hydrogens (tertiary/aromatic N) is 2. The minimum Gasteiger partial charge on any atom is -0.292 e. The minimum absolute atomic E-state index is 0.0279. The Hall–Kier alpha value is -2.70. The van der Waals surface area contributed by atoms with E-state index in [-0.39, 0.29) is 5.78 Å². The largest absolute Gasteiger partial charge is 0.292 e. The second kappa shape index (κ2) is 6.38. The van der Waals surface area contributed by atoms with Gasteiger partial charge in [-0.05, 0) is 17.7 Å². The average molecular weight is 288 g/mol. The lowest BCUT2D eigenvalue weighted by molar-refractivity contribution is 0.103. The fraction of sp³-hybridized carbons (Fsp3) is 0.158. The Morgan fingerprint density at radius 1 is 1.09 bits per heavy atom. The van der Waals surface area contributed by atoms with Crippen LogP contribution >= 0.6 is 0 Å². The molecule has 1 aliphatic rings. The Labute approximate surface area is 130 Å². The van der Waals surface area contributed by atoms with Crippen molar-refractivity contribution in [3.63, 3.8) is 0 Å². The van der Waals surface area contributed by atoms with Crippen LogP contribution in [0.25, 0.3) is 0 Å². The van der Waals surface area contributed by atoms with E-state index in [1.165, 1.54) is 0 Å². The Morgan fingerprint density at radius 2 is 1.86 bits per heavy atom. The van der Waals surface area contributed by atoms with Crippen LogP contribution in [0.2, 0.25) is 0 Å². The van der Waals surface area contributed by atoms with Crippen molar-refractivity contribution < 1.29 is 4.79 Å². The second-order valence-electron chi connectivity index (χ2n) is 5.34. The van der Waals surface area contributed by atoms with E-state index in [9.17, 15) is 4.79 Å². The van der Waals surface area contributed by atoms with Crippen LogP contribution in [0.3, 0.4) is 0 Å². The molecular weight excluding hydrogens is 272 g/mol. The predicted octanol–water partition coefficient (Wildman–Crippen LogP) is 3.16. The van der Waals surface area contributed by atoms with Gasteiger partial charge in [0.05, 0.1) is 11.6 Å². The highest BCUT2D eigenvalue weighted by atomic mass is 16.1. The summed E-state index contributed by atoms with van der Waals surface area (Å²) < 4.78 is 0. The van der Waals surface area contributed by atoms with Gasteiger partial charge in [-0.25, -0.2) is 0 Å². The van der Waals surface area contributed by atoms with E-state index < -0.39 is 0 Å². The summed E-state index contributed by atoms with van der Waals surface area (Å²) in [6.07, 6.45) is 4.28. The first-order valence-electron chi connectivity index (χ1n) is 7.28. The van der Waals surface area contributed by atoms with Gasteiger partial charge in [0.1, 0.15) is 0 Å². The highest BCUT2D eigenvalue weighted by molar-refractivity contribution is 6.10. The van der Waals surface area contributed by atoms with E-state index in [2.05, 4.69) is 23.1 Å². The molecule has 3 rings (SSSR count). The van der Waals surface area contributed by atoms with Crippen LogP contribution in [0.5, 0.6) is 0 Å². The van der Waals surface area contributed by atoms with Crippen LogP contribution < -0.4 is 0 Å². The maximum Gasteiger partial charge on any atom is 0.193 e. The van der Waals surface area contributed by atoms with Gasteiger partial charge < -0.3 is 0 Å². The molecule has 0 spiro atoms. The number of hydrogen-bond acceptors (Lipinski definition) is 3.